The maximum absolute atomic E-state index is 10.7. The highest BCUT2D eigenvalue weighted by Crippen LogP contribution is 2.19. The minimum absolute atomic E-state index is 0.308. The first-order valence-electron chi connectivity index (χ1n) is 6.56. The summed E-state index contributed by atoms with van der Waals surface area (Å²) in [4.78, 5) is 13.1. The highest BCUT2D eigenvalue weighted by molar-refractivity contribution is 5.67. The summed E-state index contributed by atoms with van der Waals surface area (Å²) in [5.74, 6) is -0.351. The van der Waals surface area contributed by atoms with E-state index in [4.69, 9.17) is 5.11 Å². The number of hydrogen-bond acceptors (Lipinski definition) is 3. The van der Waals surface area contributed by atoms with Crippen molar-refractivity contribution in [1.82, 2.24) is 14.7 Å². The second kappa shape index (κ2) is 6.00. The third kappa shape index (κ3) is 3.57. The first-order chi connectivity index (χ1) is 8.65. The summed E-state index contributed by atoms with van der Waals surface area (Å²) in [6, 6.07) is 2.04. The molecule has 1 aromatic rings. The summed E-state index contributed by atoms with van der Waals surface area (Å²) in [7, 11) is 1.96. The first kappa shape index (κ1) is 13.1. The minimum atomic E-state index is -0.673. The van der Waals surface area contributed by atoms with Gasteiger partial charge in [0.05, 0.1) is 0 Å². The molecule has 0 bridgehead atoms. The molecule has 5 nitrogen and oxygen atoms in total. The lowest BCUT2D eigenvalue weighted by Crippen LogP contribution is -2.37. The van der Waals surface area contributed by atoms with Crippen molar-refractivity contribution >= 4 is 5.97 Å². The van der Waals surface area contributed by atoms with Gasteiger partial charge in [-0.1, -0.05) is 0 Å². The number of carbonyl (C=O) groups is 1. The Kier molecular flexibility index (Phi) is 4.36. The van der Waals surface area contributed by atoms with Gasteiger partial charge in [-0.2, -0.15) is 5.10 Å². The predicted octanol–water partition coefficient (Wildman–Crippen LogP) is 1.15. The molecule has 18 heavy (non-hydrogen) atoms. The molecule has 1 aliphatic rings. The highest BCUT2D eigenvalue weighted by atomic mass is 16.4. The van der Waals surface area contributed by atoms with E-state index in [1.807, 2.05) is 24.0 Å². The molecule has 1 N–H and O–H groups in total. The van der Waals surface area contributed by atoms with Crippen molar-refractivity contribution < 1.29 is 9.90 Å². The summed E-state index contributed by atoms with van der Waals surface area (Å²) >= 11 is 0. The maximum Gasteiger partial charge on any atom is 0.303 e. The molecule has 0 spiro atoms. The molecule has 1 aromatic heterocycles. The Morgan fingerprint density at radius 3 is 3.11 bits per heavy atom. The number of hydrogen-bond donors (Lipinski definition) is 1. The fourth-order valence-corrected chi connectivity index (χ4v) is 2.69. The van der Waals surface area contributed by atoms with Crippen molar-refractivity contribution in [3.63, 3.8) is 0 Å². The van der Waals surface area contributed by atoms with Crippen LogP contribution in [0.25, 0.3) is 0 Å². The van der Waals surface area contributed by atoms with Crippen molar-refractivity contribution in [2.75, 3.05) is 19.6 Å². The quantitative estimate of drug-likeness (QED) is 0.853. The molecule has 2 rings (SSSR count). The predicted molar refractivity (Wildman–Crippen MR) is 68.3 cm³/mol. The highest BCUT2D eigenvalue weighted by Gasteiger charge is 2.21. The minimum Gasteiger partial charge on any atom is -0.481 e. The summed E-state index contributed by atoms with van der Waals surface area (Å²) in [6.07, 6.45) is 5.27. The van der Waals surface area contributed by atoms with Crippen LogP contribution in [0.3, 0.4) is 0 Å². The summed E-state index contributed by atoms with van der Waals surface area (Å²) in [5, 5.41) is 13.0. The van der Waals surface area contributed by atoms with Crippen LogP contribution in [0.1, 0.15) is 25.0 Å². The average molecular weight is 251 g/mol. The maximum atomic E-state index is 10.7. The Balaban J connectivity index is 1.79. The third-order valence-electron chi connectivity index (χ3n) is 3.67. The van der Waals surface area contributed by atoms with E-state index in [0.717, 1.165) is 38.9 Å². The third-order valence-corrected chi connectivity index (χ3v) is 3.67. The lowest BCUT2D eigenvalue weighted by molar-refractivity contribution is -0.138. The summed E-state index contributed by atoms with van der Waals surface area (Å²) < 4.78 is 1.90. The van der Waals surface area contributed by atoms with Crippen LogP contribution in [0.15, 0.2) is 12.3 Å². The number of likely N-dealkylation sites (tertiary alicyclic amines) is 1. The van der Waals surface area contributed by atoms with Crippen LogP contribution in [0.4, 0.5) is 0 Å². The Morgan fingerprint density at radius 2 is 2.44 bits per heavy atom. The van der Waals surface area contributed by atoms with E-state index in [2.05, 4.69) is 10.00 Å². The van der Waals surface area contributed by atoms with Gasteiger partial charge in [-0.3, -0.25) is 9.48 Å². The molecule has 1 fully saturated rings. The summed E-state index contributed by atoms with van der Waals surface area (Å²) in [5.41, 5.74) is 1.23. The molecule has 5 heteroatoms. The molecule has 2 heterocycles. The fraction of sp³-hybridized carbons (Fsp3) is 0.692. The molecule has 1 unspecified atom stereocenters. The van der Waals surface area contributed by atoms with E-state index in [1.54, 1.807) is 0 Å². The van der Waals surface area contributed by atoms with Crippen molar-refractivity contribution in [3.8, 4) is 0 Å². The lowest BCUT2D eigenvalue weighted by atomic mass is 9.95. The number of aryl methyl sites for hydroxylation is 1. The molecule has 0 amide bonds. The van der Waals surface area contributed by atoms with Gasteiger partial charge in [0.25, 0.3) is 0 Å². The van der Waals surface area contributed by atoms with E-state index in [9.17, 15) is 4.79 Å². The van der Waals surface area contributed by atoms with Crippen LogP contribution < -0.4 is 0 Å². The number of piperidine rings is 1. The molecular weight excluding hydrogens is 230 g/mol. The molecule has 0 aliphatic carbocycles. The first-order valence-corrected chi connectivity index (χ1v) is 6.56. The monoisotopic (exact) mass is 251 g/mol. The number of rotatable bonds is 5. The fourth-order valence-electron chi connectivity index (χ4n) is 2.69. The van der Waals surface area contributed by atoms with Crippen molar-refractivity contribution in [1.29, 1.82) is 0 Å². The average Bonchev–Trinajstić information content (AvgIpc) is 2.72. The Labute approximate surface area is 107 Å². The molecule has 1 saturated heterocycles. The topological polar surface area (TPSA) is 58.4 Å². The van der Waals surface area contributed by atoms with Crippen molar-refractivity contribution in [3.05, 3.63) is 18.0 Å². The lowest BCUT2D eigenvalue weighted by Gasteiger charge is -2.31. The zero-order valence-corrected chi connectivity index (χ0v) is 10.9. The van der Waals surface area contributed by atoms with Gasteiger partial charge in [0.2, 0.25) is 0 Å². The van der Waals surface area contributed by atoms with E-state index in [-0.39, 0.29) is 0 Å². The van der Waals surface area contributed by atoms with Crippen LogP contribution in [-0.2, 0) is 18.3 Å². The second-order valence-corrected chi connectivity index (χ2v) is 5.10. The Morgan fingerprint density at radius 1 is 1.61 bits per heavy atom. The van der Waals surface area contributed by atoms with E-state index in [1.165, 1.54) is 5.69 Å². The van der Waals surface area contributed by atoms with Gasteiger partial charge in [0.15, 0.2) is 0 Å². The second-order valence-electron chi connectivity index (χ2n) is 5.10. The molecule has 100 valence electrons. The standard InChI is InChI=1S/C13H21N3O2/c1-15-12(4-6-14-15)5-8-16-7-2-3-11(10-16)9-13(17)18/h4,6,11H,2-3,5,7-10H2,1H3,(H,17,18). The van der Waals surface area contributed by atoms with Crippen LogP contribution >= 0.6 is 0 Å². The van der Waals surface area contributed by atoms with Crippen molar-refractivity contribution in [2.24, 2.45) is 13.0 Å². The molecule has 0 saturated carbocycles. The van der Waals surface area contributed by atoms with Crippen LogP contribution in [-0.4, -0.2) is 45.4 Å². The molecule has 1 atom stereocenters. The van der Waals surface area contributed by atoms with Crippen LogP contribution in [0, 0.1) is 5.92 Å². The SMILES string of the molecule is Cn1nccc1CCN1CCCC(CC(=O)O)C1. The molecule has 1 aliphatic heterocycles. The summed E-state index contributed by atoms with van der Waals surface area (Å²) in [6.45, 7) is 3.01. The van der Waals surface area contributed by atoms with Gasteiger partial charge in [-0.25, -0.2) is 0 Å². The van der Waals surface area contributed by atoms with Gasteiger partial charge in [-0.15, -0.1) is 0 Å². The number of nitrogens with zero attached hydrogens (tertiary/aromatic N) is 3. The van der Waals surface area contributed by atoms with E-state index in [0.29, 0.717) is 12.3 Å². The smallest absolute Gasteiger partial charge is 0.303 e. The molecule has 0 aromatic carbocycles. The van der Waals surface area contributed by atoms with Gasteiger partial charge in [0.1, 0.15) is 0 Å². The van der Waals surface area contributed by atoms with Gasteiger partial charge in [-0.05, 0) is 31.4 Å². The number of aliphatic carboxylic acids is 1. The zero-order chi connectivity index (χ0) is 13.0. The number of carboxylic acids is 1. The Bertz CT molecular complexity index is 403. The van der Waals surface area contributed by atoms with Gasteiger partial charge < -0.3 is 10.0 Å². The number of carboxylic acid groups (broad SMARTS) is 1. The molecule has 0 radical (unpaired) electrons. The molecular formula is C13H21N3O2. The van der Waals surface area contributed by atoms with Crippen molar-refractivity contribution in [2.45, 2.75) is 25.7 Å². The van der Waals surface area contributed by atoms with E-state index < -0.39 is 5.97 Å². The normalized spacial score (nSPS) is 21.1. The van der Waals surface area contributed by atoms with Crippen LogP contribution in [0.5, 0.6) is 0 Å². The van der Waals surface area contributed by atoms with Gasteiger partial charge >= 0.3 is 5.97 Å². The number of aromatic nitrogens is 2. The zero-order valence-electron chi connectivity index (χ0n) is 10.9. The largest absolute Gasteiger partial charge is 0.481 e. The van der Waals surface area contributed by atoms with Crippen LogP contribution in [0.2, 0.25) is 0 Å². The Hall–Kier alpha value is -1.36. The van der Waals surface area contributed by atoms with Gasteiger partial charge in [0, 0.05) is 44.9 Å². The van der Waals surface area contributed by atoms with E-state index >= 15 is 0 Å².